The van der Waals surface area contributed by atoms with Crippen molar-refractivity contribution < 1.29 is 14.4 Å². The van der Waals surface area contributed by atoms with Gasteiger partial charge in [-0.3, -0.25) is 14.5 Å². The van der Waals surface area contributed by atoms with Crippen LogP contribution in [0, 0.1) is 0 Å². The zero-order valence-corrected chi connectivity index (χ0v) is 13.7. The lowest BCUT2D eigenvalue weighted by molar-refractivity contribution is -0.133. The SMILES string of the molecule is O=C(CCCN1C(=O)CNC1=O)N1CCCC(c2nccs2)C1. The Hall–Kier alpha value is -1.96. The average molecular weight is 336 g/mol. The first-order chi connectivity index (χ1) is 11.1. The van der Waals surface area contributed by atoms with Gasteiger partial charge >= 0.3 is 6.03 Å². The van der Waals surface area contributed by atoms with E-state index in [1.165, 1.54) is 4.90 Å². The molecule has 23 heavy (non-hydrogen) atoms. The summed E-state index contributed by atoms with van der Waals surface area (Å²) in [6, 6.07) is -0.357. The molecule has 0 aromatic carbocycles. The number of urea groups is 1. The van der Waals surface area contributed by atoms with Gasteiger partial charge in [0.05, 0.1) is 11.6 Å². The van der Waals surface area contributed by atoms with Crippen molar-refractivity contribution in [2.45, 2.75) is 31.6 Å². The lowest BCUT2D eigenvalue weighted by Crippen LogP contribution is -2.39. The fourth-order valence-corrected chi connectivity index (χ4v) is 3.84. The van der Waals surface area contributed by atoms with E-state index in [1.54, 1.807) is 17.5 Å². The highest BCUT2D eigenvalue weighted by atomic mass is 32.1. The average Bonchev–Trinajstić information content (AvgIpc) is 3.20. The molecule has 0 spiro atoms. The molecule has 7 nitrogen and oxygen atoms in total. The molecule has 3 rings (SSSR count). The van der Waals surface area contributed by atoms with Gasteiger partial charge in [-0.25, -0.2) is 9.78 Å². The fraction of sp³-hybridized carbons (Fsp3) is 0.600. The maximum Gasteiger partial charge on any atom is 0.324 e. The number of nitrogens with one attached hydrogen (secondary N) is 1. The summed E-state index contributed by atoms with van der Waals surface area (Å²) in [6.07, 6.45) is 4.74. The van der Waals surface area contributed by atoms with Gasteiger partial charge in [-0.2, -0.15) is 0 Å². The van der Waals surface area contributed by atoms with Gasteiger partial charge in [0.15, 0.2) is 0 Å². The largest absolute Gasteiger partial charge is 0.342 e. The van der Waals surface area contributed by atoms with Gasteiger partial charge in [-0.15, -0.1) is 11.3 Å². The van der Waals surface area contributed by atoms with Gasteiger partial charge in [0.2, 0.25) is 11.8 Å². The van der Waals surface area contributed by atoms with Crippen molar-refractivity contribution in [3.8, 4) is 0 Å². The van der Waals surface area contributed by atoms with E-state index in [0.29, 0.717) is 25.3 Å². The molecule has 124 valence electrons. The smallest absolute Gasteiger partial charge is 0.324 e. The highest BCUT2D eigenvalue weighted by Gasteiger charge is 2.29. The minimum atomic E-state index is -0.357. The molecule has 1 atom stereocenters. The number of imide groups is 1. The van der Waals surface area contributed by atoms with Crippen LogP contribution in [-0.2, 0) is 9.59 Å². The Morgan fingerprint density at radius 3 is 3.00 bits per heavy atom. The van der Waals surface area contributed by atoms with Gasteiger partial charge in [-0.1, -0.05) is 0 Å². The summed E-state index contributed by atoms with van der Waals surface area (Å²) < 4.78 is 0. The van der Waals surface area contributed by atoms with E-state index in [-0.39, 0.29) is 24.4 Å². The molecule has 0 saturated carbocycles. The van der Waals surface area contributed by atoms with E-state index in [1.807, 2.05) is 10.3 Å². The Morgan fingerprint density at radius 2 is 2.30 bits per heavy atom. The second-order valence-electron chi connectivity index (χ2n) is 5.86. The molecular weight excluding hydrogens is 316 g/mol. The molecule has 1 unspecified atom stereocenters. The number of piperidine rings is 1. The summed E-state index contributed by atoms with van der Waals surface area (Å²) in [7, 11) is 0. The lowest BCUT2D eigenvalue weighted by Gasteiger charge is -2.32. The standard InChI is InChI=1S/C15H20N4O3S/c20-12(4-2-7-19-13(21)9-17-15(19)22)18-6-1-3-11(10-18)14-16-5-8-23-14/h5,8,11H,1-4,6-7,9-10H2,(H,17,22). The molecule has 4 amide bonds. The number of likely N-dealkylation sites (tertiary alicyclic amines) is 1. The Morgan fingerprint density at radius 1 is 1.43 bits per heavy atom. The van der Waals surface area contributed by atoms with Crippen molar-refractivity contribution >= 4 is 29.2 Å². The predicted molar refractivity (Wildman–Crippen MR) is 85.0 cm³/mol. The highest BCUT2D eigenvalue weighted by Crippen LogP contribution is 2.28. The van der Waals surface area contributed by atoms with Crippen LogP contribution < -0.4 is 5.32 Å². The fourth-order valence-electron chi connectivity index (χ4n) is 3.07. The molecular formula is C15H20N4O3S. The van der Waals surface area contributed by atoms with Gasteiger partial charge < -0.3 is 10.2 Å². The monoisotopic (exact) mass is 336 g/mol. The third kappa shape index (κ3) is 3.69. The van der Waals surface area contributed by atoms with Crippen LogP contribution >= 0.6 is 11.3 Å². The first-order valence-electron chi connectivity index (χ1n) is 7.90. The molecule has 0 aliphatic carbocycles. The summed E-state index contributed by atoms with van der Waals surface area (Å²) in [4.78, 5) is 42.7. The minimum Gasteiger partial charge on any atom is -0.342 e. The maximum atomic E-state index is 12.4. The molecule has 1 aromatic heterocycles. The van der Waals surface area contributed by atoms with Crippen molar-refractivity contribution in [3.63, 3.8) is 0 Å². The number of nitrogens with zero attached hydrogens (tertiary/aromatic N) is 3. The van der Waals surface area contributed by atoms with E-state index in [0.717, 1.165) is 30.9 Å². The number of carbonyl (C=O) groups excluding carboxylic acids is 3. The summed E-state index contributed by atoms with van der Waals surface area (Å²) in [5, 5.41) is 5.54. The molecule has 0 radical (unpaired) electrons. The van der Waals surface area contributed by atoms with E-state index < -0.39 is 0 Å². The second kappa shape index (κ2) is 7.08. The zero-order valence-electron chi connectivity index (χ0n) is 12.9. The van der Waals surface area contributed by atoms with Crippen molar-refractivity contribution in [1.82, 2.24) is 20.1 Å². The predicted octanol–water partition coefficient (Wildman–Crippen LogP) is 1.18. The molecule has 2 saturated heterocycles. The highest BCUT2D eigenvalue weighted by molar-refractivity contribution is 7.09. The van der Waals surface area contributed by atoms with Gasteiger partial charge in [-0.05, 0) is 19.3 Å². The number of carbonyl (C=O) groups is 3. The number of amides is 4. The summed E-state index contributed by atoms with van der Waals surface area (Å²) in [5.74, 6) is 0.209. The van der Waals surface area contributed by atoms with Crippen molar-refractivity contribution in [2.24, 2.45) is 0 Å². The molecule has 2 aliphatic heterocycles. The van der Waals surface area contributed by atoms with Crippen LogP contribution in [0.1, 0.15) is 36.6 Å². The summed E-state index contributed by atoms with van der Waals surface area (Å²) >= 11 is 1.64. The minimum absolute atomic E-state index is 0.0639. The number of thiazole rings is 1. The number of hydrogen-bond donors (Lipinski definition) is 1. The molecule has 2 fully saturated rings. The first kappa shape index (κ1) is 15.9. The second-order valence-corrected chi connectivity index (χ2v) is 6.78. The topological polar surface area (TPSA) is 82.6 Å². The van der Waals surface area contributed by atoms with Crippen molar-refractivity contribution in [3.05, 3.63) is 16.6 Å². The van der Waals surface area contributed by atoms with Crippen LogP contribution in [-0.4, -0.2) is 58.8 Å². The third-order valence-corrected chi connectivity index (χ3v) is 5.22. The number of hydrogen-bond acceptors (Lipinski definition) is 5. The van der Waals surface area contributed by atoms with Crippen LogP contribution in [0.4, 0.5) is 4.79 Å². The van der Waals surface area contributed by atoms with Crippen molar-refractivity contribution in [2.75, 3.05) is 26.2 Å². The van der Waals surface area contributed by atoms with Gasteiger partial charge in [0.25, 0.3) is 0 Å². The van der Waals surface area contributed by atoms with Crippen molar-refractivity contribution in [1.29, 1.82) is 0 Å². The van der Waals surface area contributed by atoms with E-state index in [2.05, 4.69) is 10.3 Å². The van der Waals surface area contributed by atoms with Crippen LogP contribution in [0.3, 0.4) is 0 Å². The Bertz CT molecular complexity index is 574. The first-order valence-corrected chi connectivity index (χ1v) is 8.78. The zero-order chi connectivity index (χ0) is 16.2. The molecule has 2 aliphatic rings. The summed E-state index contributed by atoms with van der Waals surface area (Å²) in [5.41, 5.74) is 0. The quantitative estimate of drug-likeness (QED) is 0.819. The molecule has 1 aromatic rings. The molecule has 8 heteroatoms. The van der Waals surface area contributed by atoms with Crippen LogP contribution in [0.25, 0.3) is 0 Å². The Kier molecular flexibility index (Phi) is 4.90. The Balaban J connectivity index is 1.46. The normalized spacial score (nSPS) is 21.7. The van der Waals surface area contributed by atoms with Gasteiger partial charge in [0.1, 0.15) is 0 Å². The summed E-state index contributed by atoms with van der Waals surface area (Å²) in [6.45, 7) is 1.87. The van der Waals surface area contributed by atoms with Crippen LogP contribution in [0.15, 0.2) is 11.6 Å². The molecule has 1 N–H and O–H groups in total. The number of aromatic nitrogens is 1. The molecule has 0 bridgehead atoms. The lowest BCUT2D eigenvalue weighted by atomic mass is 9.98. The molecule has 3 heterocycles. The third-order valence-electron chi connectivity index (χ3n) is 4.28. The Labute approximate surface area is 138 Å². The van der Waals surface area contributed by atoms with Gasteiger partial charge in [0, 0.05) is 43.5 Å². The van der Waals surface area contributed by atoms with Crippen LogP contribution in [0.2, 0.25) is 0 Å². The number of rotatable bonds is 5. The van der Waals surface area contributed by atoms with E-state index >= 15 is 0 Å². The maximum absolute atomic E-state index is 12.4. The van der Waals surface area contributed by atoms with Crippen LogP contribution in [0.5, 0.6) is 0 Å². The van der Waals surface area contributed by atoms with E-state index in [4.69, 9.17) is 0 Å². The van der Waals surface area contributed by atoms with E-state index in [9.17, 15) is 14.4 Å².